The van der Waals surface area contributed by atoms with E-state index in [1.54, 1.807) is 11.4 Å². The Kier molecular flexibility index (Phi) is 3.88. The number of carbonyl (C=O) groups is 1. The van der Waals surface area contributed by atoms with Crippen molar-refractivity contribution in [1.82, 2.24) is 9.97 Å². The molecule has 0 saturated heterocycles. The first kappa shape index (κ1) is 15.3. The molecule has 6 nitrogen and oxygen atoms in total. The third-order valence-corrected chi connectivity index (χ3v) is 4.70. The molecule has 0 atom stereocenters. The Morgan fingerprint density at radius 2 is 2.24 bits per heavy atom. The number of ether oxygens (including phenoxy) is 1. The highest BCUT2D eigenvalue weighted by Crippen LogP contribution is 2.31. The first-order valence-corrected chi connectivity index (χ1v) is 8.50. The highest BCUT2D eigenvalue weighted by atomic mass is 32.1. The molecule has 1 aromatic carbocycles. The molecular formula is C18H12N4O2S. The topological polar surface area (TPSA) is 87.9 Å². The minimum absolute atomic E-state index is 0.320. The molecule has 25 heavy (non-hydrogen) atoms. The second-order valence-electron chi connectivity index (χ2n) is 5.45. The van der Waals surface area contributed by atoms with E-state index in [4.69, 9.17) is 10.00 Å². The van der Waals surface area contributed by atoms with Crippen molar-refractivity contribution in [2.75, 3.05) is 11.9 Å². The van der Waals surface area contributed by atoms with Crippen molar-refractivity contribution < 1.29 is 9.53 Å². The van der Waals surface area contributed by atoms with Crippen LogP contribution in [-0.4, -0.2) is 22.5 Å². The van der Waals surface area contributed by atoms with Crippen LogP contribution in [0, 0.1) is 11.3 Å². The number of amides is 1. The minimum atomic E-state index is -0.352. The van der Waals surface area contributed by atoms with Gasteiger partial charge in [-0.1, -0.05) is 0 Å². The largest absolute Gasteiger partial charge is 0.493 e. The number of nitriles is 1. The summed E-state index contributed by atoms with van der Waals surface area (Å²) >= 11 is 1.41. The molecule has 3 heterocycles. The molecule has 2 aromatic heterocycles. The molecule has 0 aliphatic carbocycles. The summed E-state index contributed by atoms with van der Waals surface area (Å²) in [5, 5.41) is 14.0. The summed E-state index contributed by atoms with van der Waals surface area (Å²) in [6, 6.07) is 11.1. The van der Waals surface area contributed by atoms with Gasteiger partial charge in [-0.25, -0.2) is 9.97 Å². The highest BCUT2D eigenvalue weighted by Gasteiger charge is 2.16. The number of fused-ring (bicyclic) bond motifs is 1. The Balaban J connectivity index is 1.54. The van der Waals surface area contributed by atoms with E-state index in [-0.39, 0.29) is 5.91 Å². The predicted octanol–water partition coefficient (Wildman–Crippen LogP) is 3.26. The molecular weight excluding hydrogens is 336 g/mol. The molecule has 0 saturated carbocycles. The second-order valence-corrected chi connectivity index (χ2v) is 6.31. The van der Waals surface area contributed by atoms with E-state index in [1.165, 1.54) is 23.6 Å². The van der Waals surface area contributed by atoms with Crippen molar-refractivity contribution in [1.29, 1.82) is 5.26 Å². The van der Waals surface area contributed by atoms with Crippen molar-refractivity contribution in [2.24, 2.45) is 0 Å². The summed E-state index contributed by atoms with van der Waals surface area (Å²) in [6.45, 7) is 0.707. The molecule has 0 fully saturated rings. The first-order chi connectivity index (χ1) is 12.2. The standard InChI is InChI=1S/C18H12N4O2S/c19-9-11-3-5-20-16(7-11)22-17(23)14-10-25-18(21-14)13-1-2-15-12(8-13)4-6-24-15/h1-3,5,7-8,10H,4,6H2,(H,20,22,23). The molecule has 1 aliphatic heterocycles. The van der Waals surface area contributed by atoms with Gasteiger partial charge in [0.05, 0.1) is 18.2 Å². The molecule has 0 radical (unpaired) electrons. The van der Waals surface area contributed by atoms with Crippen LogP contribution in [0.2, 0.25) is 0 Å². The molecule has 1 N–H and O–H groups in total. The maximum atomic E-state index is 12.3. The lowest BCUT2D eigenvalue weighted by Crippen LogP contribution is -2.13. The molecule has 0 unspecified atom stereocenters. The second kappa shape index (κ2) is 6.34. The van der Waals surface area contributed by atoms with E-state index in [1.807, 2.05) is 18.2 Å². The van der Waals surface area contributed by atoms with Gasteiger partial charge in [0, 0.05) is 23.6 Å². The first-order valence-electron chi connectivity index (χ1n) is 7.62. The number of rotatable bonds is 3. The van der Waals surface area contributed by atoms with Gasteiger partial charge in [-0.05, 0) is 35.9 Å². The lowest BCUT2D eigenvalue weighted by atomic mass is 10.1. The van der Waals surface area contributed by atoms with Gasteiger partial charge >= 0.3 is 0 Å². The van der Waals surface area contributed by atoms with Gasteiger partial charge in [0.2, 0.25) is 0 Å². The van der Waals surface area contributed by atoms with Crippen LogP contribution >= 0.6 is 11.3 Å². The fourth-order valence-electron chi connectivity index (χ4n) is 2.58. The number of hydrogen-bond donors (Lipinski definition) is 1. The number of anilines is 1. The van der Waals surface area contributed by atoms with E-state index in [9.17, 15) is 4.79 Å². The summed E-state index contributed by atoms with van der Waals surface area (Å²) in [6.07, 6.45) is 2.37. The summed E-state index contributed by atoms with van der Waals surface area (Å²) < 4.78 is 5.51. The molecule has 4 rings (SSSR count). The van der Waals surface area contributed by atoms with Crippen LogP contribution in [0.4, 0.5) is 5.82 Å². The van der Waals surface area contributed by atoms with Crippen LogP contribution in [0.1, 0.15) is 21.6 Å². The molecule has 0 bridgehead atoms. The van der Waals surface area contributed by atoms with E-state index in [0.717, 1.165) is 28.3 Å². The Morgan fingerprint density at radius 1 is 1.32 bits per heavy atom. The van der Waals surface area contributed by atoms with Crippen molar-refractivity contribution in [3.05, 3.63) is 58.7 Å². The number of nitrogens with zero attached hydrogens (tertiary/aromatic N) is 3. The maximum Gasteiger partial charge on any atom is 0.276 e. The van der Waals surface area contributed by atoms with Gasteiger partial charge in [-0.2, -0.15) is 5.26 Å². The van der Waals surface area contributed by atoms with Gasteiger partial charge in [-0.15, -0.1) is 11.3 Å². The number of hydrogen-bond acceptors (Lipinski definition) is 6. The van der Waals surface area contributed by atoms with Crippen LogP contribution < -0.4 is 10.1 Å². The molecule has 1 aliphatic rings. The van der Waals surface area contributed by atoms with Crippen molar-refractivity contribution >= 4 is 23.1 Å². The summed E-state index contributed by atoms with van der Waals surface area (Å²) in [5.74, 6) is 0.893. The quantitative estimate of drug-likeness (QED) is 0.785. The van der Waals surface area contributed by atoms with Crippen LogP contribution in [0.3, 0.4) is 0 Å². The third-order valence-electron chi connectivity index (χ3n) is 3.80. The van der Waals surface area contributed by atoms with Crippen LogP contribution in [0.15, 0.2) is 41.9 Å². The van der Waals surface area contributed by atoms with E-state index in [0.29, 0.717) is 23.7 Å². The Labute approximate surface area is 147 Å². The number of carbonyl (C=O) groups excluding carboxylic acids is 1. The van der Waals surface area contributed by atoms with E-state index in [2.05, 4.69) is 21.4 Å². The third kappa shape index (κ3) is 3.07. The minimum Gasteiger partial charge on any atom is -0.493 e. The lowest BCUT2D eigenvalue weighted by molar-refractivity contribution is 0.102. The highest BCUT2D eigenvalue weighted by molar-refractivity contribution is 7.13. The molecule has 7 heteroatoms. The monoisotopic (exact) mass is 348 g/mol. The van der Waals surface area contributed by atoms with Gasteiger partial charge in [-0.3, -0.25) is 4.79 Å². The Morgan fingerprint density at radius 3 is 3.12 bits per heavy atom. The number of aromatic nitrogens is 2. The predicted molar refractivity (Wildman–Crippen MR) is 93.7 cm³/mol. The lowest BCUT2D eigenvalue weighted by Gasteiger charge is -2.02. The fraction of sp³-hybridized carbons (Fsp3) is 0.111. The smallest absolute Gasteiger partial charge is 0.276 e. The maximum absolute atomic E-state index is 12.3. The van der Waals surface area contributed by atoms with Crippen molar-refractivity contribution in [3.63, 3.8) is 0 Å². The Hall–Kier alpha value is -3.24. The van der Waals surface area contributed by atoms with E-state index >= 15 is 0 Å². The zero-order valence-corrected chi connectivity index (χ0v) is 13.8. The van der Waals surface area contributed by atoms with Gasteiger partial charge in [0.1, 0.15) is 22.3 Å². The molecule has 0 spiro atoms. The molecule has 3 aromatic rings. The number of benzene rings is 1. The fourth-order valence-corrected chi connectivity index (χ4v) is 3.38. The van der Waals surface area contributed by atoms with Gasteiger partial charge in [0.15, 0.2) is 0 Å². The zero-order valence-electron chi connectivity index (χ0n) is 13.0. The van der Waals surface area contributed by atoms with Gasteiger partial charge < -0.3 is 10.1 Å². The Bertz CT molecular complexity index is 1010. The van der Waals surface area contributed by atoms with Crippen molar-refractivity contribution in [2.45, 2.75) is 6.42 Å². The summed E-state index contributed by atoms with van der Waals surface area (Å²) in [5.41, 5.74) is 2.89. The normalized spacial score (nSPS) is 12.1. The number of pyridine rings is 1. The van der Waals surface area contributed by atoms with Gasteiger partial charge in [0.25, 0.3) is 5.91 Å². The van der Waals surface area contributed by atoms with Crippen molar-refractivity contribution in [3.8, 4) is 22.4 Å². The van der Waals surface area contributed by atoms with Crippen LogP contribution in [-0.2, 0) is 6.42 Å². The average Bonchev–Trinajstić information content (AvgIpc) is 3.30. The number of thiazole rings is 1. The van der Waals surface area contributed by atoms with Crippen LogP contribution in [0.25, 0.3) is 10.6 Å². The molecule has 122 valence electrons. The molecule has 1 amide bonds. The number of nitrogens with one attached hydrogen (secondary N) is 1. The summed E-state index contributed by atoms with van der Waals surface area (Å²) in [7, 11) is 0. The van der Waals surface area contributed by atoms with Crippen LogP contribution in [0.5, 0.6) is 5.75 Å². The SMILES string of the molecule is N#Cc1ccnc(NC(=O)c2csc(-c3ccc4c(c3)CCO4)n2)c1. The zero-order chi connectivity index (χ0) is 17.2. The average molecular weight is 348 g/mol. The van der Waals surface area contributed by atoms with E-state index < -0.39 is 0 Å². The summed E-state index contributed by atoms with van der Waals surface area (Å²) in [4.78, 5) is 20.8.